The number of nitrogens with one attached hydrogen (secondary N) is 2. The summed E-state index contributed by atoms with van der Waals surface area (Å²) in [6.07, 6.45) is 2.49. The maximum atomic E-state index is 5.35. The van der Waals surface area contributed by atoms with Crippen molar-refractivity contribution < 1.29 is 13.9 Å². The molecule has 6 heteroatoms. The Hall–Kier alpha value is -2.47. The lowest BCUT2D eigenvalue weighted by Crippen LogP contribution is -2.44. The summed E-state index contributed by atoms with van der Waals surface area (Å²) in [6.45, 7) is 3.99. The van der Waals surface area contributed by atoms with Gasteiger partial charge in [-0.05, 0) is 36.8 Å². The standard InChI is InChI=1S/C19H27N3O3/c1-15(14-23-2)22-19(20-11-10-18-5-4-12-25-18)21-13-16-6-8-17(24-3)9-7-16/h4-9,12,15H,10-11,13-14H2,1-3H3,(H2,20,21,22). The summed E-state index contributed by atoms with van der Waals surface area (Å²) < 4.78 is 15.7. The number of ether oxygens (including phenoxy) is 2. The second-order valence-corrected chi connectivity index (χ2v) is 5.77. The fraction of sp³-hybridized carbons (Fsp3) is 0.421. The molecule has 25 heavy (non-hydrogen) atoms. The lowest BCUT2D eigenvalue weighted by Gasteiger charge is -2.17. The van der Waals surface area contributed by atoms with Crippen LogP contribution >= 0.6 is 0 Å². The van der Waals surface area contributed by atoms with Gasteiger partial charge < -0.3 is 24.5 Å². The Morgan fingerprint density at radius 2 is 2.00 bits per heavy atom. The zero-order valence-electron chi connectivity index (χ0n) is 15.1. The van der Waals surface area contributed by atoms with Crippen molar-refractivity contribution in [1.82, 2.24) is 10.6 Å². The largest absolute Gasteiger partial charge is 0.497 e. The number of methoxy groups -OCH3 is 2. The number of benzene rings is 1. The molecular weight excluding hydrogens is 318 g/mol. The number of rotatable bonds is 9. The molecule has 136 valence electrons. The molecule has 6 nitrogen and oxygen atoms in total. The van der Waals surface area contributed by atoms with Gasteiger partial charge in [0, 0.05) is 26.1 Å². The minimum atomic E-state index is 0.163. The molecule has 1 atom stereocenters. The van der Waals surface area contributed by atoms with Crippen molar-refractivity contribution in [3.63, 3.8) is 0 Å². The van der Waals surface area contributed by atoms with E-state index < -0.39 is 0 Å². The van der Waals surface area contributed by atoms with Gasteiger partial charge in [0.2, 0.25) is 0 Å². The summed E-state index contributed by atoms with van der Waals surface area (Å²) in [6, 6.07) is 11.9. The number of aliphatic imine (C=N–C) groups is 1. The highest BCUT2D eigenvalue weighted by Crippen LogP contribution is 2.11. The van der Waals surface area contributed by atoms with E-state index in [4.69, 9.17) is 13.9 Å². The minimum Gasteiger partial charge on any atom is -0.497 e. The molecule has 1 aromatic carbocycles. The highest BCUT2D eigenvalue weighted by Gasteiger charge is 2.06. The summed E-state index contributed by atoms with van der Waals surface area (Å²) in [5.41, 5.74) is 1.12. The first-order chi connectivity index (χ1) is 12.2. The van der Waals surface area contributed by atoms with E-state index in [0.29, 0.717) is 13.2 Å². The summed E-state index contributed by atoms with van der Waals surface area (Å²) in [7, 11) is 3.35. The van der Waals surface area contributed by atoms with Crippen molar-refractivity contribution in [1.29, 1.82) is 0 Å². The van der Waals surface area contributed by atoms with E-state index in [0.717, 1.165) is 36.0 Å². The van der Waals surface area contributed by atoms with Gasteiger partial charge in [-0.3, -0.25) is 0 Å². The van der Waals surface area contributed by atoms with Crippen LogP contribution in [0.5, 0.6) is 5.75 Å². The van der Waals surface area contributed by atoms with Crippen molar-refractivity contribution in [2.75, 3.05) is 27.4 Å². The highest BCUT2D eigenvalue weighted by atomic mass is 16.5. The van der Waals surface area contributed by atoms with Crippen LogP contribution in [-0.4, -0.2) is 39.4 Å². The molecule has 0 bridgehead atoms. The molecule has 0 saturated heterocycles. The molecular formula is C19H27N3O3. The minimum absolute atomic E-state index is 0.163. The van der Waals surface area contributed by atoms with E-state index in [2.05, 4.69) is 22.5 Å². The molecule has 0 fully saturated rings. The predicted octanol–water partition coefficient (Wildman–Crippen LogP) is 2.60. The number of nitrogens with zero attached hydrogens (tertiary/aromatic N) is 1. The van der Waals surface area contributed by atoms with E-state index in [1.54, 1.807) is 20.5 Å². The Bertz CT molecular complexity index is 624. The number of furan rings is 1. The lowest BCUT2D eigenvalue weighted by atomic mass is 10.2. The first-order valence-corrected chi connectivity index (χ1v) is 8.40. The van der Waals surface area contributed by atoms with Crippen LogP contribution in [0.15, 0.2) is 52.1 Å². The molecule has 1 aromatic heterocycles. The molecule has 0 radical (unpaired) electrons. The Balaban J connectivity index is 1.93. The Morgan fingerprint density at radius 1 is 1.20 bits per heavy atom. The molecule has 0 saturated carbocycles. The van der Waals surface area contributed by atoms with Gasteiger partial charge in [0.05, 0.1) is 26.5 Å². The predicted molar refractivity (Wildman–Crippen MR) is 99.0 cm³/mol. The molecule has 0 amide bonds. The summed E-state index contributed by atoms with van der Waals surface area (Å²) >= 11 is 0. The van der Waals surface area contributed by atoms with E-state index in [1.807, 2.05) is 36.4 Å². The molecule has 2 aromatic rings. The smallest absolute Gasteiger partial charge is 0.191 e. The van der Waals surface area contributed by atoms with Crippen LogP contribution in [0, 0.1) is 0 Å². The van der Waals surface area contributed by atoms with Gasteiger partial charge >= 0.3 is 0 Å². The normalized spacial score (nSPS) is 12.7. The molecule has 2 N–H and O–H groups in total. The van der Waals surface area contributed by atoms with Crippen molar-refractivity contribution >= 4 is 5.96 Å². The van der Waals surface area contributed by atoms with Gasteiger partial charge in [0.1, 0.15) is 11.5 Å². The monoisotopic (exact) mass is 345 g/mol. The second-order valence-electron chi connectivity index (χ2n) is 5.77. The van der Waals surface area contributed by atoms with Crippen molar-refractivity contribution in [2.45, 2.75) is 25.9 Å². The van der Waals surface area contributed by atoms with Crippen LogP contribution < -0.4 is 15.4 Å². The molecule has 1 unspecified atom stereocenters. The Morgan fingerprint density at radius 3 is 2.64 bits per heavy atom. The third-order valence-electron chi connectivity index (χ3n) is 3.62. The molecule has 0 aliphatic carbocycles. The summed E-state index contributed by atoms with van der Waals surface area (Å²) in [4.78, 5) is 4.66. The molecule has 0 aliphatic heterocycles. The summed E-state index contributed by atoms with van der Waals surface area (Å²) in [5, 5.41) is 6.69. The number of guanidine groups is 1. The van der Waals surface area contributed by atoms with Crippen LogP contribution in [0.1, 0.15) is 18.2 Å². The van der Waals surface area contributed by atoms with E-state index in [9.17, 15) is 0 Å². The van der Waals surface area contributed by atoms with Crippen LogP contribution in [-0.2, 0) is 17.7 Å². The van der Waals surface area contributed by atoms with Crippen LogP contribution in [0.2, 0.25) is 0 Å². The first kappa shape index (κ1) is 18.9. The maximum Gasteiger partial charge on any atom is 0.191 e. The van der Waals surface area contributed by atoms with Gasteiger partial charge in [0.15, 0.2) is 5.96 Å². The van der Waals surface area contributed by atoms with E-state index in [1.165, 1.54) is 0 Å². The third kappa shape index (κ3) is 6.89. The molecule has 0 spiro atoms. The maximum absolute atomic E-state index is 5.35. The third-order valence-corrected chi connectivity index (χ3v) is 3.62. The fourth-order valence-corrected chi connectivity index (χ4v) is 2.34. The van der Waals surface area contributed by atoms with Gasteiger partial charge in [0.25, 0.3) is 0 Å². The summed E-state index contributed by atoms with van der Waals surface area (Å²) in [5.74, 6) is 2.55. The quantitative estimate of drug-likeness (QED) is 0.540. The number of hydrogen-bond acceptors (Lipinski definition) is 4. The SMILES string of the molecule is COCC(C)NC(=NCc1ccc(OC)cc1)NCCc1ccco1. The first-order valence-electron chi connectivity index (χ1n) is 8.40. The van der Waals surface area contributed by atoms with Crippen LogP contribution in [0.25, 0.3) is 0 Å². The molecule has 1 heterocycles. The Kier molecular flexibility index (Phi) is 7.85. The lowest BCUT2D eigenvalue weighted by molar-refractivity contribution is 0.179. The fourth-order valence-electron chi connectivity index (χ4n) is 2.34. The van der Waals surface area contributed by atoms with Gasteiger partial charge in [-0.1, -0.05) is 12.1 Å². The van der Waals surface area contributed by atoms with Crippen LogP contribution in [0.3, 0.4) is 0 Å². The zero-order valence-corrected chi connectivity index (χ0v) is 15.1. The topological polar surface area (TPSA) is 68.0 Å². The van der Waals surface area contributed by atoms with E-state index >= 15 is 0 Å². The average molecular weight is 345 g/mol. The highest BCUT2D eigenvalue weighted by molar-refractivity contribution is 5.80. The second kappa shape index (κ2) is 10.4. The van der Waals surface area contributed by atoms with Gasteiger partial charge in [-0.15, -0.1) is 0 Å². The van der Waals surface area contributed by atoms with E-state index in [-0.39, 0.29) is 6.04 Å². The zero-order chi connectivity index (χ0) is 17.9. The molecule has 2 rings (SSSR count). The van der Waals surface area contributed by atoms with Crippen molar-refractivity contribution in [2.24, 2.45) is 4.99 Å². The molecule has 0 aliphatic rings. The van der Waals surface area contributed by atoms with Crippen molar-refractivity contribution in [3.05, 3.63) is 54.0 Å². The van der Waals surface area contributed by atoms with Crippen LogP contribution in [0.4, 0.5) is 0 Å². The van der Waals surface area contributed by atoms with Crippen molar-refractivity contribution in [3.8, 4) is 5.75 Å². The Labute approximate surface area is 149 Å². The number of hydrogen-bond donors (Lipinski definition) is 2. The van der Waals surface area contributed by atoms with Gasteiger partial charge in [-0.2, -0.15) is 0 Å². The van der Waals surface area contributed by atoms with Gasteiger partial charge in [-0.25, -0.2) is 4.99 Å². The average Bonchev–Trinajstić information content (AvgIpc) is 3.13.